The summed E-state index contributed by atoms with van der Waals surface area (Å²) < 4.78 is 15.9. The highest BCUT2D eigenvalue weighted by Crippen LogP contribution is 2.37. The van der Waals surface area contributed by atoms with E-state index in [1.807, 2.05) is 18.2 Å². The Hall–Kier alpha value is -3.72. The number of nitrogens with one attached hydrogen (secondary N) is 2. The van der Waals surface area contributed by atoms with Gasteiger partial charge in [0.2, 0.25) is 12.7 Å². The molecule has 0 bridgehead atoms. The summed E-state index contributed by atoms with van der Waals surface area (Å²) in [5.74, 6) is 1.75. The average molecular weight is 422 g/mol. The van der Waals surface area contributed by atoms with Gasteiger partial charge in [-0.05, 0) is 48.4 Å². The molecule has 3 aliphatic heterocycles. The number of amides is 2. The summed E-state index contributed by atoms with van der Waals surface area (Å²) in [5, 5.41) is 4.60. The lowest BCUT2D eigenvalue weighted by molar-refractivity contribution is -0.137. The van der Waals surface area contributed by atoms with Crippen LogP contribution < -0.4 is 25.0 Å². The molecular weight excluding hydrogens is 400 g/mol. The fraction of sp³-hybridized carbons (Fsp3) is 0.273. The summed E-state index contributed by atoms with van der Waals surface area (Å²) >= 11 is 0. The molecule has 0 aromatic heterocycles. The zero-order valence-electron chi connectivity index (χ0n) is 16.9. The second-order valence-corrected chi connectivity index (χ2v) is 7.49. The molecule has 0 spiro atoms. The fourth-order valence-electron chi connectivity index (χ4n) is 3.94. The van der Waals surface area contributed by atoms with E-state index in [4.69, 9.17) is 14.2 Å². The highest BCUT2D eigenvalue weighted by molar-refractivity contribution is 5.96. The van der Waals surface area contributed by atoms with E-state index in [0.717, 1.165) is 11.3 Å². The first-order chi connectivity index (χ1) is 15.1. The second-order valence-electron chi connectivity index (χ2n) is 7.49. The van der Waals surface area contributed by atoms with E-state index in [2.05, 4.69) is 10.7 Å². The van der Waals surface area contributed by atoms with Crippen molar-refractivity contribution in [2.24, 2.45) is 0 Å². The van der Waals surface area contributed by atoms with Crippen molar-refractivity contribution in [2.75, 3.05) is 25.8 Å². The Morgan fingerprint density at radius 2 is 1.97 bits per heavy atom. The van der Waals surface area contributed by atoms with Crippen LogP contribution >= 0.6 is 0 Å². The minimum Gasteiger partial charge on any atom is -0.497 e. The third-order valence-electron chi connectivity index (χ3n) is 5.56. The van der Waals surface area contributed by atoms with Crippen LogP contribution in [0.2, 0.25) is 0 Å². The van der Waals surface area contributed by atoms with Gasteiger partial charge in [0, 0.05) is 18.1 Å². The SMILES string of the molecule is COc1ccc(NC(=O)CN2C=CN3NC(c4ccc5c(c4)OCO5)CC3C2=O)cc1. The van der Waals surface area contributed by atoms with Crippen LogP contribution in [0.1, 0.15) is 18.0 Å². The molecule has 5 rings (SSSR count). The van der Waals surface area contributed by atoms with Gasteiger partial charge in [0.1, 0.15) is 18.3 Å². The lowest BCUT2D eigenvalue weighted by atomic mass is 10.0. The van der Waals surface area contributed by atoms with Gasteiger partial charge < -0.3 is 29.4 Å². The number of anilines is 1. The van der Waals surface area contributed by atoms with Crippen molar-refractivity contribution in [3.8, 4) is 17.2 Å². The summed E-state index contributed by atoms with van der Waals surface area (Å²) in [6, 6.07) is 12.4. The van der Waals surface area contributed by atoms with Crippen molar-refractivity contribution < 1.29 is 23.8 Å². The van der Waals surface area contributed by atoms with Crippen LogP contribution in [0.25, 0.3) is 0 Å². The Labute approximate surface area is 179 Å². The fourth-order valence-corrected chi connectivity index (χ4v) is 3.94. The van der Waals surface area contributed by atoms with E-state index < -0.39 is 0 Å². The van der Waals surface area contributed by atoms with Gasteiger partial charge in [0.25, 0.3) is 5.91 Å². The molecule has 1 saturated heterocycles. The number of methoxy groups -OCH3 is 1. The number of nitrogens with zero attached hydrogens (tertiary/aromatic N) is 2. The topological polar surface area (TPSA) is 92.4 Å². The van der Waals surface area contributed by atoms with E-state index >= 15 is 0 Å². The number of hydrogen-bond donors (Lipinski definition) is 2. The van der Waals surface area contributed by atoms with Crippen molar-refractivity contribution in [3.05, 3.63) is 60.4 Å². The second kappa shape index (κ2) is 7.84. The highest BCUT2D eigenvalue weighted by Gasteiger charge is 2.40. The van der Waals surface area contributed by atoms with Crippen molar-refractivity contribution in [1.29, 1.82) is 0 Å². The van der Waals surface area contributed by atoms with Gasteiger partial charge in [-0.1, -0.05) is 6.07 Å². The first kappa shape index (κ1) is 19.3. The third kappa shape index (κ3) is 3.75. The number of hydrazine groups is 1. The highest BCUT2D eigenvalue weighted by atomic mass is 16.7. The molecule has 0 aliphatic carbocycles. The number of carbonyl (C=O) groups is 2. The zero-order chi connectivity index (χ0) is 21.4. The van der Waals surface area contributed by atoms with Gasteiger partial charge in [-0.3, -0.25) is 9.59 Å². The van der Waals surface area contributed by atoms with Crippen molar-refractivity contribution in [2.45, 2.75) is 18.5 Å². The molecule has 0 radical (unpaired) electrons. The predicted octanol–water partition coefficient (Wildman–Crippen LogP) is 2.00. The number of fused-ring (bicyclic) bond motifs is 2. The molecular formula is C22H22N4O5. The molecule has 2 amide bonds. The minimum atomic E-state index is -0.380. The molecule has 9 heteroatoms. The van der Waals surface area contributed by atoms with E-state index in [1.54, 1.807) is 48.8 Å². The Bertz CT molecular complexity index is 1040. The van der Waals surface area contributed by atoms with Crippen LogP contribution in [0.3, 0.4) is 0 Å². The molecule has 3 heterocycles. The van der Waals surface area contributed by atoms with Gasteiger partial charge in [-0.15, -0.1) is 0 Å². The van der Waals surface area contributed by atoms with Gasteiger partial charge in [-0.2, -0.15) is 0 Å². The summed E-state index contributed by atoms with van der Waals surface area (Å²) in [7, 11) is 1.58. The van der Waals surface area contributed by atoms with E-state index in [-0.39, 0.29) is 37.2 Å². The normalized spacial score (nSPS) is 21.3. The van der Waals surface area contributed by atoms with Gasteiger partial charge in [0.05, 0.1) is 13.2 Å². The Kier molecular flexibility index (Phi) is 4.87. The van der Waals surface area contributed by atoms with E-state index in [1.165, 1.54) is 4.90 Å². The number of hydrogen-bond acceptors (Lipinski definition) is 7. The smallest absolute Gasteiger partial charge is 0.251 e. The van der Waals surface area contributed by atoms with Crippen LogP contribution in [0, 0.1) is 0 Å². The van der Waals surface area contributed by atoms with Crippen molar-refractivity contribution >= 4 is 17.5 Å². The lowest BCUT2D eigenvalue weighted by Gasteiger charge is -2.31. The number of carbonyl (C=O) groups excluding carboxylic acids is 2. The summed E-state index contributed by atoms with van der Waals surface area (Å²) in [6.07, 6.45) is 4.00. The first-order valence-corrected chi connectivity index (χ1v) is 9.97. The van der Waals surface area contributed by atoms with Crippen LogP contribution in [-0.4, -0.2) is 48.2 Å². The number of rotatable bonds is 5. The monoisotopic (exact) mass is 422 g/mol. The van der Waals surface area contributed by atoms with Crippen LogP contribution in [-0.2, 0) is 9.59 Å². The van der Waals surface area contributed by atoms with E-state index in [0.29, 0.717) is 23.6 Å². The molecule has 160 valence electrons. The van der Waals surface area contributed by atoms with E-state index in [9.17, 15) is 9.59 Å². The summed E-state index contributed by atoms with van der Waals surface area (Å²) in [6.45, 7) is 0.167. The minimum absolute atomic E-state index is 0.0406. The zero-order valence-corrected chi connectivity index (χ0v) is 16.9. The van der Waals surface area contributed by atoms with Crippen LogP contribution in [0.4, 0.5) is 5.69 Å². The van der Waals surface area contributed by atoms with Crippen molar-refractivity contribution in [1.82, 2.24) is 15.3 Å². The quantitative estimate of drug-likeness (QED) is 0.761. The molecule has 2 N–H and O–H groups in total. The number of ether oxygens (including phenoxy) is 3. The maximum Gasteiger partial charge on any atom is 0.251 e. The lowest BCUT2D eigenvalue weighted by Crippen LogP contribution is -2.49. The maximum absolute atomic E-state index is 13.0. The summed E-state index contributed by atoms with van der Waals surface area (Å²) in [4.78, 5) is 26.9. The van der Waals surface area contributed by atoms with Crippen LogP contribution in [0.15, 0.2) is 54.9 Å². The molecule has 3 aliphatic rings. The Morgan fingerprint density at radius 1 is 1.16 bits per heavy atom. The van der Waals surface area contributed by atoms with Gasteiger partial charge in [0.15, 0.2) is 11.5 Å². The molecule has 1 fully saturated rings. The molecule has 9 nitrogen and oxygen atoms in total. The largest absolute Gasteiger partial charge is 0.497 e. The molecule has 2 aromatic carbocycles. The number of benzene rings is 2. The Morgan fingerprint density at radius 3 is 2.77 bits per heavy atom. The molecule has 2 aromatic rings. The average Bonchev–Trinajstić information content (AvgIpc) is 3.43. The molecule has 0 saturated carbocycles. The molecule has 2 atom stereocenters. The third-order valence-corrected chi connectivity index (χ3v) is 5.56. The predicted molar refractivity (Wildman–Crippen MR) is 111 cm³/mol. The van der Waals surface area contributed by atoms with Gasteiger partial charge >= 0.3 is 0 Å². The maximum atomic E-state index is 13.0. The summed E-state index contributed by atoms with van der Waals surface area (Å²) in [5.41, 5.74) is 5.01. The standard InChI is InChI=1S/C22H22N4O5/c1-29-16-5-3-15(4-6-16)23-21(27)12-25-8-9-26-18(22(25)28)11-17(24-26)14-2-7-19-20(10-14)31-13-30-19/h2-10,17-18,24H,11-13H2,1H3,(H,23,27). The van der Waals surface area contributed by atoms with Gasteiger partial charge in [-0.25, -0.2) is 5.43 Å². The first-order valence-electron chi connectivity index (χ1n) is 9.97. The van der Waals surface area contributed by atoms with Crippen molar-refractivity contribution in [3.63, 3.8) is 0 Å². The van der Waals surface area contributed by atoms with Crippen LogP contribution in [0.5, 0.6) is 17.2 Å². The molecule has 31 heavy (non-hydrogen) atoms. The molecule has 2 unspecified atom stereocenters. The Balaban J connectivity index is 1.22.